The maximum absolute atomic E-state index is 14.6. The minimum Gasteiger partial charge on any atom is -0.462 e. The number of esters is 2. The molecule has 3 N–H and O–H groups in total. The standard InChI is InChI=1S/C38H73F2N2O8PS/c1-5-9-11-13-15-17-19-21-23-26-35(43)47-30-33(50-36(44)27-24-22-20-18-16-14-12-10-6-2)31-52-32-34(41)37(45)42-29-25-28-38(39,40)51(46,48-7-3)49-8-4/h33-34H,5-32,41H2,1-4H3,(H,42,45)/t33-,34-/m0/s1. The Bertz CT molecular complexity index is 956. The Balaban J connectivity index is 4.74. The first-order chi connectivity index (χ1) is 25.0. The molecule has 0 spiro atoms. The third kappa shape index (κ3) is 26.5. The molecular weight excluding hydrogens is 713 g/mol. The van der Waals surface area contributed by atoms with Gasteiger partial charge < -0.3 is 29.6 Å². The minimum atomic E-state index is -4.62. The number of amides is 1. The van der Waals surface area contributed by atoms with E-state index in [1.807, 2.05) is 0 Å². The van der Waals surface area contributed by atoms with Crippen molar-refractivity contribution >= 4 is 37.2 Å². The Labute approximate surface area is 318 Å². The van der Waals surface area contributed by atoms with E-state index in [0.29, 0.717) is 6.42 Å². The summed E-state index contributed by atoms with van der Waals surface area (Å²) in [4.78, 5) is 37.7. The number of hydrogen-bond donors (Lipinski definition) is 2. The van der Waals surface area contributed by atoms with Crippen molar-refractivity contribution in [3.8, 4) is 0 Å². The van der Waals surface area contributed by atoms with E-state index in [2.05, 4.69) is 19.2 Å². The number of nitrogens with one attached hydrogen (secondary N) is 1. The van der Waals surface area contributed by atoms with Crippen molar-refractivity contribution in [2.24, 2.45) is 5.73 Å². The Kier molecular flexibility index (Phi) is 32.3. The van der Waals surface area contributed by atoms with Gasteiger partial charge in [-0.3, -0.25) is 18.9 Å². The lowest BCUT2D eigenvalue weighted by atomic mass is 10.1. The van der Waals surface area contributed by atoms with Gasteiger partial charge in [-0.1, -0.05) is 117 Å². The van der Waals surface area contributed by atoms with E-state index >= 15 is 0 Å². The molecule has 1 amide bonds. The van der Waals surface area contributed by atoms with Crippen LogP contribution in [-0.2, 0) is 37.5 Å². The van der Waals surface area contributed by atoms with Crippen LogP contribution in [-0.4, -0.2) is 73.5 Å². The molecule has 0 aromatic heterocycles. The Morgan fingerprint density at radius 3 is 1.63 bits per heavy atom. The number of halogens is 2. The molecule has 52 heavy (non-hydrogen) atoms. The molecule has 0 bridgehead atoms. The average molecular weight is 787 g/mol. The maximum Gasteiger partial charge on any atom is 0.399 e. The average Bonchev–Trinajstić information content (AvgIpc) is 3.10. The van der Waals surface area contributed by atoms with Crippen LogP contribution in [0.4, 0.5) is 8.78 Å². The van der Waals surface area contributed by atoms with Crippen molar-refractivity contribution < 1.29 is 46.3 Å². The summed E-state index contributed by atoms with van der Waals surface area (Å²) in [6, 6.07) is -0.948. The molecule has 0 aromatic rings. The van der Waals surface area contributed by atoms with E-state index in [4.69, 9.17) is 24.3 Å². The van der Waals surface area contributed by atoms with E-state index in [1.54, 1.807) is 0 Å². The summed E-state index contributed by atoms with van der Waals surface area (Å²) in [6.07, 6.45) is 19.4. The van der Waals surface area contributed by atoms with Gasteiger partial charge in [0, 0.05) is 37.3 Å². The molecule has 0 unspecified atom stereocenters. The van der Waals surface area contributed by atoms with Crippen molar-refractivity contribution in [1.29, 1.82) is 0 Å². The summed E-state index contributed by atoms with van der Waals surface area (Å²) < 4.78 is 62.3. The van der Waals surface area contributed by atoms with E-state index in [-0.39, 0.29) is 62.7 Å². The number of carbonyl (C=O) groups is 3. The van der Waals surface area contributed by atoms with E-state index < -0.39 is 37.7 Å². The van der Waals surface area contributed by atoms with Gasteiger partial charge in [0.1, 0.15) is 12.7 Å². The number of alkyl halides is 2. The zero-order valence-corrected chi connectivity index (χ0v) is 34.6. The van der Waals surface area contributed by atoms with Crippen LogP contribution in [0.15, 0.2) is 0 Å². The van der Waals surface area contributed by atoms with Crippen molar-refractivity contribution in [3.05, 3.63) is 0 Å². The van der Waals surface area contributed by atoms with Gasteiger partial charge in [0.2, 0.25) is 5.91 Å². The highest BCUT2D eigenvalue weighted by Crippen LogP contribution is 2.63. The van der Waals surface area contributed by atoms with Crippen LogP contribution in [0.3, 0.4) is 0 Å². The zero-order chi connectivity index (χ0) is 38.9. The van der Waals surface area contributed by atoms with Crippen molar-refractivity contribution in [3.63, 3.8) is 0 Å². The van der Waals surface area contributed by atoms with E-state index in [1.165, 1.54) is 96.2 Å². The first-order valence-corrected chi connectivity index (χ1v) is 22.9. The van der Waals surface area contributed by atoms with Gasteiger partial charge >= 0.3 is 25.2 Å². The van der Waals surface area contributed by atoms with Gasteiger partial charge in [0.05, 0.1) is 19.3 Å². The SMILES string of the molecule is CCCCCCCCCCCC(=O)OC[C@@H](CSC[C@H](N)C(=O)NCCCC(F)(F)P(=O)(OCC)OCC)OC(=O)CCCCCCCCCCC. The lowest BCUT2D eigenvalue weighted by Gasteiger charge is -2.25. The summed E-state index contributed by atoms with van der Waals surface area (Å²) in [5.74, 6) is -0.759. The van der Waals surface area contributed by atoms with Crippen LogP contribution in [0.1, 0.15) is 169 Å². The molecule has 0 radical (unpaired) electrons. The zero-order valence-electron chi connectivity index (χ0n) is 32.9. The fraction of sp³-hybridized carbons (Fsp3) is 0.921. The number of rotatable bonds is 37. The van der Waals surface area contributed by atoms with Gasteiger partial charge in [-0.2, -0.15) is 20.5 Å². The van der Waals surface area contributed by atoms with Gasteiger partial charge in [0.15, 0.2) is 0 Å². The number of carbonyl (C=O) groups excluding carboxylic acids is 3. The molecule has 10 nitrogen and oxygen atoms in total. The number of hydrogen-bond acceptors (Lipinski definition) is 10. The lowest BCUT2D eigenvalue weighted by molar-refractivity contribution is -0.157. The second-order valence-electron chi connectivity index (χ2n) is 13.5. The molecule has 0 aliphatic carbocycles. The molecule has 0 aliphatic heterocycles. The summed E-state index contributed by atoms with van der Waals surface area (Å²) in [6.45, 7) is 6.78. The quantitative estimate of drug-likeness (QED) is 0.0355. The lowest BCUT2D eigenvalue weighted by Crippen LogP contribution is -2.43. The predicted octanol–water partition coefficient (Wildman–Crippen LogP) is 10.1. The van der Waals surface area contributed by atoms with Gasteiger partial charge in [-0.15, -0.1) is 0 Å². The molecule has 308 valence electrons. The number of thioether (sulfide) groups is 1. The third-order valence-electron chi connectivity index (χ3n) is 8.59. The third-order valence-corrected chi connectivity index (χ3v) is 12.0. The van der Waals surface area contributed by atoms with Crippen LogP contribution < -0.4 is 11.1 Å². The topological polar surface area (TPSA) is 143 Å². The van der Waals surface area contributed by atoms with Crippen molar-refractivity contribution in [2.45, 2.75) is 187 Å². The normalized spacial score (nSPS) is 13.1. The van der Waals surface area contributed by atoms with Gasteiger partial charge in [-0.25, -0.2) is 0 Å². The van der Waals surface area contributed by atoms with E-state index in [9.17, 15) is 27.7 Å². The molecule has 0 saturated carbocycles. The number of ether oxygens (including phenoxy) is 2. The molecule has 0 rings (SSSR count). The second kappa shape index (κ2) is 33.1. The molecule has 14 heteroatoms. The molecule has 0 heterocycles. The van der Waals surface area contributed by atoms with Crippen LogP contribution in [0.5, 0.6) is 0 Å². The summed E-state index contributed by atoms with van der Waals surface area (Å²) in [5.41, 5.74) is 2.35. The monoisotopic (exact) mass is 786 g/mol. The Morgan fingerprint density at radius 2 is 1.15 bits per heavy atom. The molecule has 0 aromatic carbocycles. The van der Waals surface area contributed by atoms with Gasteiger partial charge in [-0.05, 0) is 33.1 Å². The minimum absolute atomic E-state index is 0.0737. The highest BCUT2D eigenvalue weighted by molar-refractivity contribution is 7.99. The Hall–Kier alpha value is -1.27. The smallest absolute Gasteiger partial charge is 0.399 e. The molecule has 0 saturated heterocycles. The molecule has 0 aliphatic rings. The summed E-state index contributed by atoms with van der Waals surface area (Å²) in [5, 5.41) is 2.54. The highest BCUT2D eigenvalue weighted by Gasteiger charge is 2.52. The predicted molar refractivity (Wildman–Crippen MR) is 208 cm³/mol. The number of nitrogens with two attached hydrogens (primary N) is 1. The van der Waals surface area contributed by atoms with E-state index in [0.717, 1.165) is 44.9 Å². The maximum atomic E-state index is 14.6. The molecular formula is C38H73F2N2O8PS. The van der Waals surface area contributed by atoms with Crippen LogP contribution in [0.2, 0.25) is 0 Å². The van der Waals surface area contributed by atoms with Crippen LogP contribution in [0.25, 0.3) is 0 Å². The largest absolute Gasteiger partial charge is 0.462 e. The molecule has 2 atom stereocenters. The van der Waals surface area contributed by atoms with Crippen LogP contribution >= 0.6 is 19.4 Å². The number of unbranched alkanes of at least 4 members (excludes halogenated alkanes) is 16. The first kappa shape index (κ1) is 50.7. The summed E-state index contributed by atoms with van der Waals surface area (Å²) >= 11 is 1.28. The second-order valence-corrected chi connectivity index (χ2v) is 16.7. The summed E-state index contributed by atoms with van der Waals surface area (Å²) in [7, 11) is -4.62. The van der Waals surface area contributed by atoms with Gasteiger partial charge in [0.25, 0.3) is 0 Å². The van der Waals surface area contributed by atoms with Crippen molar-refractivity contribution in [2.75, 3.05) is 37.9 Å². The Morgan fingerprint density at radius 1 is 0.692 bits per heavy atom. The fourth-order valence-corrected chi connectivity index (χ4v) is 8.06. The van der Waals surface area contributed by atoms with Crippen LogP contribution in [0, 0.1) is 0 Å². The highest BCUT2D eigenvalue weighted by atomic mass is 32.2. The first-order valence-electron chi connectivity index (χ1n) is 20.2. The fourth-order valence-electron chi connectivity index (χ4n) is 5.53. The van der Waals surface area contributed by atoms with Crippen molar-refractivity contribution in [1.82, 2.24) is 5.32 Å². The molecule has 0 fully saturated rings.